The number of nitrogens with one attached hydrogen (secondary N) is 1. The minimum Gasteiger partial charge on any atom is -0.423 e. The Morgan fingerprint density at radius 1 is 1.07 bits per heavy atom. The molecule has 1 N–H and O–H groups in total. The standard InChI is InChI=1S/C23H24N4O3/c1-6-20(28)30-19-13-9-17(10-14-19)24-25-21-15(2)26-27(22(21)29)18-11-7-16(8-12-18)23(3,4)5/h6-14,26H,1H2,2-5H3. The van der Waals surface area contributed by atoms with Crippen molar-refractivity contribution < 1.29 is 9.53 Å². The number of hydrogen-bond donors (Lipinski definition) is 1. The molecular formula is C23H24N4O3. The third-order valence-corrected chi connectivity index (χ3v) is 4.52. The fourth-order valence-electron chi connectivity index (χ4n) is 2.79. The normalized spacial score (nSPS) is 11.6. The van der Waals surface area contributed by atoms with E-state index in [9.17, 15) is 9.59 Å². The number of benzene rings is 2. The highest BCUT2D eigenvalue weighted by molar-refractivity contribution is 5.83. The number of azo groups is 1. The topological polar surface area (TPSA) is 88.8 Å². The van der Waals surface area contributed by atoms with Gasteiger partial charge in [0.2, 0.25) is 0 Å². The molecule has 7 heteroatoms. The number of ether oxygens (including phenoxy) is 1. The lowest BCUT2D eigenvalue weighted by atomic mass is 9.87. The zero-order valence-electron chi connectivity index (χ0n) is 17.5. The van der Waals surface area contributed by atoms with Crippen LogP contribution >= 0.6 is 0 Å². The van der Waals surface area contributed by atoms with Crippen molar-refractivity contribution in [1.82, 2.24) is 9.78 Å². The largest absolute Gasteiger partial charge is 0.423 e. The van der Waals surface area contributed by atoms with Gasteiger partial charge in [-0.3, -0.25) is 9.89 Å². The van der Waals surface area contributed by atoms with Gasteiger partial charge in [-0.05, 0) is 54.3 Å². The molecule has 0 aliphatic heterocycles. The van der Waals surface area contributed by atoms with Crippen molar-refractivity contribution in [3.8, 4) is 11.4 Å². The van der Waals surface area contributed by atoms with Crippen LogP contribution in [0.5, 0.6) is 5.75 Å². The molecule has 3 rings (SSSR count). The van der Waals surface area contributed by atoms with Crippen LogP contribution in [-0.4, -0.2) is 15.7 Å². The Kier molecular flexibility index (Phi) is 5.82. The first-order valence-electron chi connectivity index (χ1n) is 9.47. The summed E-state index contributed by atoms with van der Waals surface area (Å²) in [6, 6.07) is 14.3. The van der Waals surface area contributed by atoms with Crippen LogP contribution < -0.4 is 10.3 Å². The minimum atomic E-state index is -0.539. The maximum Gasteiger partial charge on any atom is 0.335 e. The maximum atomic E-state index is 12.8. The predicted octanol–water partition coefficient (Wildman–Crippen LogP) is 5.28. The van der Waals surface area contributed by atoms with E-state index < -0.39 is 5.97 Å². The van der Waals surface area contributed by atoms with Crippen LogP contribution in [0.15, 0.2) is 76.2 Å². The van der Waals surface area contributed by atoms with Gasteiger partial charge in [0.15, 0.2) is 5.69 Å². The van der Waals surface area contributed by atoms with Gasteiger partial charge >= 0.3 is 5.97 Å². The van der Waals surface area contributed by atoms with Gasteiger partial charge in [0.05, 0.1) is 17.1 Å². The number of nitrogens with zero attached hydrogens (tertiary/aromatic N) is 3. The summed E-state index contributed by atoms with van der Waals surface area (Å²) in [6.07, 6.45) is 1.09. The lowest BCUT2D eigenvalue weighted by Gasteiger charge is -2.19. The SMILES string of the molecule is C=CC(=O)Oc1ccc(N=Nc2c(C)[nH]n(-c3ccc(C(C)(C)C)cc3)c2=O)cc1. The molecule has 0 atom stereocenters. The Bertz CT molecular complexity index is 1150. The van der Waals surface area contributed by atoms with Crippen LogP contribution in [0, 0.1) is 6.92 Å². The first-order valence-corrected chi connectivity index (χ1v) is 9.47. The number of aryl methyl sites for hydroxylation is 1. The molecule has 154 valence electrons. The summed E-state index contributed by atoms with van der Waals surface area (Å²) < 4.78 is 6.47. The molecule has 3 aromatic rings. The number of esters is 1. The number of aromatic nitrogens is 2. The Morgan fingerprint density at radius 2 is 1.70 bits per heavy atom. The fourth-order valence-corrected chi connectivity index (χ4v) is 2.79. The first-order chi connectivity index (χ1) is 14.2. The van der Waals surface area contributed by atoms with E-state index in [1.807, 2.05) is 24.3 Å². The third-order valence-electron chi connectivity index (χ3n) is 4.52. The molecule has 0 aliphatic rings. The Labute approximate surface area is 174 Å². The lowest BCUT2D eigenvalue weighted by molar-refractivity contribution is -0.128. The molecule has 0 saturated carbocycles. The average Bonchev–Trinajstić information content (AvgIpc) is 3.00. The van der Waals surface area contributed by atoms with Gasteiger partial charge in [-0.2, -0.15) is 5.11 Å². The molecule has 2 aromatic carbocycles. The van der Waals surface area contributed by atoms with Crippen LogP contribution in [0.25, 0.3) is 5.69 Å². The zero-order valence-corrected chi connectivity index (χ0v) is 17.5. The van der Waals surface area contributed by atoms with E-state index in [0.29, 0.717) is 17.1 Å². The van der Waals surface area contributed by atoms with Crippen molar-refractivity contribution in [3.05, 3.63) is 82.8 Å². The highest BCUT2D eigenvalue weighted by Gasteiger charge is 2.15. The summed E-state index contributed by atoms with van der Waals surface area (Å²) in [5.41, 5.74) is 3.03. The summed E-state index contributed by atoms with van der Waals surface area (Å²) in [5.74, 6) is -0.166. The van der Waals surface area contributed by atoms with E-state index >= 15 is 0 Å². The molecule has 7 nitrogen and oxygen atoms in total. The second-order valence-corrected chi connectivity index (χ2v) is 7.84. The van der Waals surface area contributed by atoms with Gasteiger partial charge in [0.25, 0.3) is 5.56 Å². The second-order valence-electron chi connectivity index (χ2n) is 7.84. The van der Waals surface area contributed by atoms with Gasteiger partial charge < -0.3 is 4.74 Å². The predicted molar refractivity (Wildman–Crippen MR) is 116 cm³/mol. The summed E-state index contributed by atoms with van der Waals surface area (Å²) in [7, 11) is 0. The highest BCUT2D eigenvalue weighted by atomic mass is 16.5. The number of rotatable bonds is 5. The van der Waals surface area contributed by atoms with Gasteiger partial charge in [0, 0.05) is 6.08 Å². The molecule has 0 aliphatic carbocycles. The Morgan fingerprint density at radius 3 is 2.27 bits per heavy atom. The minimum absolute atomic E-state index is 0.0358. The first kappa shape index (κ1) is 21.0. The molecule has 30 heavy (non-hydrogen) atoms. The van der Waals surface area contributed by atoms with Gasteiger partial charge in [-0.1, -0.05) is 39.5 Å². The van der Waals surface area contributed by atoms with Crippen molar-refractivity contribution in [2.45, 2.75) is 33.1 Å². The summed E-state index contributed by atoms with van der Waals surface area (Å²) in [5, 5.41) is 11.3. The Balaban J connectivity index is 1.83. The van der Waals surface area contributed by atoms with E-state index in [0.717, 1.165) is 11.8 Å². The molecule has 0 unspecified atom stereocenters. The van der Waals surface area contributed by atoms with Gasteiger partial charge in [-0.15, -0.1) is 5.11 Å². The second kappa shape index (κ2) is 8.32. The van der Waals surface area contributed by atoms with Crippen LogP contribution in [-0.2, 0) is 10.2 Å². The fraction of sp³-hybridized carbons (Fsp3) is 0.217. The van der Waals surface area contributed by atoms with E-state index in [1.54, 1.807) is 31.2 Å². The van der Waals surface area contributed by atoms with Gasteiger partial charge in [0.1, 0.15) is 5.75 Å². The number of hydrogen-bond acceptors (Lipinski definition) is 5. The lowest BCUT2D eigenvalue weighted by Crippen LogP contribution is -2.15. The van der Waals surface area contributed by atoms with E-state index in [4.69, 9.17) is 4.74 Å². The Hall–Kier alpha value is -3.74. The molecule has 0 fully saturated rings. The quantitative estimate of drug-likeness (QED) is 0.272. The van der Waals surface area contributed by atoms with Crippen molar-refractivity contribution in [2.24, 2.45) is 10.2 Å². The molecule has 1 aromatic heterocycles. The van der Waals surface area contributed by atoms with Crippen molar-refractivity contribution in [3.63, 3.8) is 0 Å². The molecule has 0 amide bonds. The van der Waals surface area contributed by atoms with Crippen LogP contribution in [0.1, 0.15) is 32.0 Å². The smallest absolute Gasteiger partial charge is 0.335 e. The van der Waals surface area contributed by atoms with Crippen LogP contribution in [0.3, 0.4) is 0 Å². The number of H-pyrrole nitrogens is 1. The average molecular weight is 404 g/mol. The highest BCUT2D eigenvalue weighted by Crippen LogP contribution is 2.24. The maximum absolute atomic E-state index is 12.8. The van der Waals surface area contributed by atoms with E-state index in [2.05, 4.69) is 42.7 Å². The number of carbonyl (C=O) groups excluding carboxylic acids is 1. The van der Waals surface area contributed by atoms with Crippen LogP contribution in [0.2, 0.25) is 0 Å². The van der Waals surface area contributed by atoms with Crippen LogP contribution in [0.4, 0.5) is 11.4 Å². The molecule has 0 bridgehead atoms. The van der Waals surface area contributed by atoms with E-state index in [1.165, 1.54) is 10.2 Å². The van der Waals surface area contributed by atoms with Crippen molar-refractivity contribution in [1.29, 1.82) is 0 Å². The molecule has 0 saturated heterocycles. The van der Waals surface area contributed by atoms with Crippen molar-refractivity contribution in [2.75, 3.05) is 0 Å². The summed E-state index contributed by atoms with van der Waals surface area (Å²) >= 11 is 0. The number of aromatic amines is 1. The monoisotopic (exact) mass is 404 g/mol. The number of carbonyl (C=O) groups is 1. The van der Waals surface area contributed by atoms with Crippen molar-refractivity contribution >= 4 is 17.3 Å². The molecule has 0 radical (unpaired) electrons. The molecule has 1 heterocycles. The summed E-state index contributed by atoms with van der Waals surface area (Å²) in [4.78, 5) is 24.0. The zero-order chi connectivity index (χ0) is 21.9. The molecular weight excluding hydrogens is 380 g/mol. The third kappa shape index (κ3) is 4.63. The summed E-state index contributed by atoms with van der Waals surface area (Å²) in [6.45, 7) is 11.5. The van der Waals surface area contributed by atoms with Gasteiger partial charge in [-0.25, -0.2) is 9.48 Å². The molecule has 0 spiro atoms. The van der Waals surface area contributed by atoms with E-state index in [-0.39, 0.29) is 16.7 Å².